The van der Waals surface area contributed by atoms with Gasteiger partial charge in [0.15, 0.2) is 6.29 Å². The Morgan fingerprint density at radius 1 is 0.436 bits per heavy atom. The zero-order chi connectivity index (χ0) is 56.8. The second-order valence-electron chi connectivity index (χ2n) is 23.9. The number of hydrogen-bond donors (Lipinski definition) is 8. The van der Waals surface area contributed by atoms with Crippen LogP contribution in [0.1, 0.15) is 328 Å². The van der Waals surface area contributed by atoms with E-state index in [1.165, 1.54) is 244 Å². The highest BCUT2D eigenvalue weighted by atomic mass is 16.7. The van der Waals surface area contributed by atoms with Crippen molar-refractivity contribution in [2.24, 2.45) is 0 Å². The monoisotopic (exact) mass is 1110 g/mol. The van der Waals surface area contributed by atoms with Crippen molar-refractivity contribution in [3.8, 4) is 0 Å². The standard InChI is InChI=1S/C67H129NO10/c1-3-5-7-9-11-13-15-17-19-21-23-25-26-27-28-29-30-31-32-33-34-35-37-39-41-43-45-47-49-51-53-55-60(71)66(76)68-58(57-77-67-65(75)64(74)63(73)61(56-69)78-67)62(72)59(70)54-52-50-48-46-44-42-40-38-36-24-22-20-18-16-14-12-10-8-6-4-2/h38,40,46,48,58-65,67,69-75H,3-37,39,41-45,47,49-57H2,1-2H3,(H,68,76)/b40-38+,48-46+. The maximum atomic E-state index is 13.2. The minimum absolute atomic E-state index is 0.249. The van der Waals surface area contributed by atoms with Gasteiger partial charge in [0.25, 0.3) is 0 Å². The van der Waals surface area contributed by atoms with Gasteiger partial charge in [-0.05, 0) is 51.4 Å². The van der Waals surface area contributed by atoms with Crippen LogP contribution in [0, 0.1) is 0 Å². The van der Waals surface area contributed by atoms with Crippen molar-refractivity contribution >= 4 is 5.91 Å². The fourth-order valence-electron chi connectivity index (χ4n) is 11.1. The summed E-state index contributed by atoms with van der Waals surface area (Å²) in [6, 6.07) is -1.19. The molecular weight excluding hydrogens is 979 g/mol. The van der Waals surface area contributed by atoms with Crippen molar-refractivity contribution in [3.63, 3.8) is 0 Å². The number of carbonyl (C=O) groups is 1. The number of aliphatic hydroxyl groups is 7. The topological polar surface area (TPSA) is 189 Å². The molecule has 0 saturated carbocycles. The summed E-state index contributed by atoms with van der Waals surface area (Å²) in [7, 11) is 0. The number of aliphatic hydroxyl groups excluding tert-OH is 7. The van der Waals surface area contributed by atoms with Crippen LogP contribution in [0.15, 0.2) is 24.3 Å². The van der Waals surface area contributed by atoms with Crippen LogP contribution < -0.4 is 5.32 Å². The number of nitrogens with one attached hydrogen (secondary N) is 1. The summed E-state index contributed by atoms with van der Waals surface area (Å²) < 4.78 is 11.2. The van der Waals surface area contributed by atoms with Crippen molar-refractivity contribution in [3.05, 3.63) is 24.3 Å². The molecule has 11 heteroatoms. The Bertz CT molecular complexity index is 1320. The highest BCUT2D eigenvalue weighted by molar-refractivity contribution is 5.80. The van der Waals surface area contributed by atoms with E-state index < -0.39 is 74.2 Å². The summed E-state index contributed by atoms with van der Waals surface area (Å²) in [5.74, 6) is -0.704. The van der Waals surface area contributed by atoms with Crippen molar-refractivity contribution in [2.45, 2.75) is 384 Å². The first-order valence-corrected chi connectivity index (χ1v) is 33.7. The van der Waals surface area contributed by atoms with Gasteiger partial charge in [0.05, 0.1) is 25.4 Å². The lowest BCUT2D eigenvalue weighted by Gasteiger charge is -2.40. The van der Waals surface area contributed by atoms with Crippen LogP contribution in [0.25, 0.3) is 0 Å². The largest absolute Gasteiger partial charge is 0.394 e. The van der Waals surface area contributed by atoms with Gasteiger partial charge in [0, 0.05) is 0 Å². The van der Waals surface area contributed by atoms with Gasteiger partial charge in [-0.15, -0.1) is 0 Å². The van der Waals surface area contributed by atoms with E-state index in [1.54, 1.807) is 0 Å². The Kier molecular flexibility index (Phi) is 53.6. The number of amides is 1. The molecule has 0 aliphatic carbocycles. The zero-order valence-electron chi connectivity index (χ0n) is 50.9. The summed E-state index contributed by atoms with van der Waals surface area (Å²) >= 11 is 0. The number of ether oxygens (including phenoxy) is 2. The van der Waals surface area contributed by atoms with E-state index >= 15 is 0 Å². The predicted molar refractivity (Wildman–Crippen MR) is 326 cm³/mol. The van der Waals surface area contributed by atoms with E-state index in [-0.39, 0.29) is 12.8 Å². The fraction of sp³-hybridized carbons (Fsp3) is 0.925. The molecule has 1 aliphatic heterocycles. The number of rotatable bonds is 59. The van der Waals surface area contributed by atoms with Gasteiger partial charge in [0.1, 0.15) is 36.6 Å². The van der Waals surface area contributed by atoms with Crippen molar-refractivity contribution < 1.29 is 50.0 Å². The van der Waals surface area contributed by atoms with E-state index in [0.29, 0.717) is 19.3 Å². The van der Waals surface area contributed by atoms with E-state index in [4.69, 9.17) is 9.47 Å². The van der Waals surface area contributed by atoms with Crippen LogP contribution in [-0.2, 0) is 14.3 Å². The molecule has 1 saturated heterocycles. The Balaban J connectivity index is 2.21. The molecule has 8 N–H and O–H groups in total. The molecule has 462 valence electrons. The Morgan fingerprint density at radius 2 is 0.769 bits per heavy atom. The second-order valence-corrected chi connectivity index (χ2v) is 23.9. The molecule has 1 aliphatic rings. The van der Waals surface area contributed by atoms with Gasteiger partial charge in [-0.1, -0.05) is 301 Å². The molecule has 1 rings (SSSR count). The number of hydrogen-bond acceptors (Lipinski definition) is 10. The third-order valence-corrected chi connectivity index (χ3v) is 16.5. The summed E-state index contributed by atoms with van der Waals surface area (Å²) in [5, 5.41) is 76.3. The molecule has 0 bridgehead atoms. The lowest BCUT2D eigenvalue weighted by atomic mass is 9.98. The lowest BCUT2D eigenvalue weighted by Crippen LogP contribution is -2.60. The molecule has 78 heavy (non-hydrogen) atoms. The molecule has 0 aromatic carbocycles. The summed E-state index contributed by atoms with van der Waals surface area (Å²) in [6.45, 7) is 3.48. The highest BCUT2D eigenvalue weighted by Gasteiger charge is 2.44. The average Bonchev–Trinajstić information content (AvgIpc) is 3.46. The number of unbranched alkanes of at least 4 members (excludes halogenated alkanes) is 43. The second kappa shape index (κ2) is 56.1. The van der Waals surface area contributed by atoms with Crippen LogP contribution in [0.3, 0.4) is 0 Å². The molecule has 1 amide bonds. The third kappa shape index (κ3) is 43.3. The minimum Gasteiger partial charge on any atom is -0.394 e. The van der Waals surface area contributed by atoms with Crippen LogP contribution in [0.4, 0.5) is 0 Å². The zero-order valence-corrected chi connectivity index (χ0v) is 50.9. The molecule has 0 spiro atoms. The first-order valence-electron chi connectivity index (χ1n) is 33.7. The summed E-state index contributed by atoms with van der Waals surface area (Å²) in [4.78, 5) is 13.2. The quantitative estimate of drug-likeness (QED) is 0.0215. The molecule has 1 fully saturated rings. The van der Waals surface area contributed by atoms with Crippen LogP contribution >= 0.6 is 0 Å². The minimum atomic E-state index is -1.67. The lowest BCUT2D eigenvalue weighted by molar-refractivity contribution is -0.303. The SMILES string of the molecule is CCCCCCCCCCCCC/C=C/CC/C=C/CCCC(O)C(O)C(COC1OC(CO)C(O)C(O)C1O)NC(=O)C(O)CCCCCCCCCCCCCCCCCCCCCCCCCCCCCCCCC. The fourth-order valence-corrected chi connectivity index (χ4v) is 11.1. The first-order chi connectivity index (χ1) is 38.2. The molecule has 11 nitrogen and oxygen atoms in total. The van der Waals surface area contributed by atoms with Crippen LogP contribution in [-0.4, -0.2) is 110 Å². The Hall–Kier alpha value is -1.41. The van der Waals surface area contributed by atoms with E-state index in [1.807, 2.05) is 0 Å². The van der Waals surface area contributed by atoms with Gasteiger partial charge in [-0.25, -0.2) is 0 Å². The van der Waals surface area contributed by atoms with E-state index in [2.05, 4.69) is 43.5 Å². The average molecular weight is 1110 g/mol. The molecule has 9 atom stereocenters. The van der Waals surface area contributed by atoms with Crippen molar-refractivity contribution in [1.29, 1.82) is 0 Å². The van der Waals surface area contributed by atoms with Gasteiger partial charge in [-0.3, -0.25) is 4.79 Å². The van der Waals surface area contributed by atoms with Gasteiger partial charge >= 0.3 is 0 Å². The van der Waals surface area contributed by atoms with E-state index in [0.717, 1.165) is 38.5 Å². The van der Waals surface area contributed by atoms with Crippen molar-refractivity contribution in [2.75, 3.05) is 13.2 Å². The number of allylic oxidation sites excluding steroid dienone is 4. The highest BCUT2D eigenvalue weighted by Crippen LogP contribution is 2.24. The Morgan fingerprint density at radius 3 is 1.14 bits per heavy atom. The molecule has 9 unspecified atom stereocenters. The first kappa shape index (κ1) is 74.6. The third-order valence-electron chi connectivity index (χ3n) is 16.5. The smallest absolute Gasteiger partial charge is 0.249 e. The molecular formula is C67H129NO10. The maximum Gasteiger partial charge on any atom is 0.249 e. The maximum absolute atomic E-state index is 13.2. The Labute approximate surface area is 480 Å². The van der Waals surface area contributed by atoms with Gasteiger partial charge in [-0.2, -0.15) is 0 Å². The molecule has 0 radical (unpaired) electrons. The summed E-state index contributed by atoms with van der Waals surface area (Å²) in [6.07, 6.45) is 58.4. The van der Waals surface area contributed by atoms with Crippen LogP contribution in [0.2, 0.25) is 0 Å². The molecule has 0 aromatic rings. The van der Waals surface area contributed by atoms with Crippen molar-refractivity contribution in [1.82, 2.24) is 5.32 Å². The molecule has 0 aromatic heterocycles. The normalized spacial score (nSPS) is 19.5. The predicted octanol–water partition coefficient (Wildman–Crippen LogP) is 15.6. The summed E-state index contributed by atoms with van der Waals surface area (Å²) in [5.41, 5.74) is 0. The van der Waals surface area contributed by atoms with Gasteiger partial charge < -0.3 is 50.5 Å². The number of carbonyl (C=O) groups excluding carboxylic acids is 1. The van der Waals surface area contributed by atoms with Gasteiger partial charge in [0.2, 0.25) is 5.91 Å². The van der Waals surface area contributed by atoms with Crippen LogP contribution in [0.5, 0.6) is 0 Å². The van der Waals surface area contributed by atoms with E-state index in [9.17, 15) is 40.5 Å². The molecule has 1 heterocycles.